The molecule has 2 heterocycles. The summed E-state index contributed by atoms with van der Waals surface area (Å²) in [6, 6.07) is 30.2. The zero-order chi connectivity index (χ0) is 20.3. The van der Waals surface area contributed by atoms with E-state index in [9.17, 15) is 4.79 Å². The SMILES string of the molecule is O=c1cc(-c2ccc(-c3cccc(-c4ccccc4)c3)cc2)[nH]n1-c1ncccn1. The Labute approximate surface area is 173 Å². The summed E-state index contributed by atoms with van der Waals surface area (Å²) in [5.74, 6) is 0.322. The van der Waals surface area contributed by atoms with Crippen molar-refractivity contribution in [3.05, 3.63) is 114 Å². The number of rotatable bonds is 4. The van der Waals surface area contributed by atoms with Gasteiger partial charge in [0.05, 0.1) is 5.69 Å². The van der Waals surface area contributed by atoms with Gasteiger partial charge in [-0.1, -0.05) is 72.8 Å². The molecule has 5 aromatic rings. The van der Waals surface area contributed by atoms with E-state index in [-0.39, 0.29) is 5.56 Å². The molecule has 0 saturated heterocycles. The molecule has 0 aliphatic carbocycles. The summed E-state index contributed by atoms with van der Waals surface area (Å²) in [4.78, 5) is 20.6. The van der Waals surface area contributed by atoms with E-state index in [2.05, 4.69) is 63.6 Å². The molecule has 0 aliphatic heterocycles. The number of nitrogens with one attached hydrogen (secondary N) is 1. The second kappa shape index (κ2) is 7.64. The summed E-state index contributed by atoms with van der Waals surface area (Å²) < 4.78 is 1.34. The third kappa shape index (κ3) is 3.44. The van der Waals surface area contributed by atoms with Gasteiger partial charge < -0.3 is 0 Å². The Morgan fingerprint density at radius 2 is 1.20 bits per heavy atom. The fourth-order valence-corrected chi connectivity index (χ4v) is 3.45. The van der Waals surface area contributed by atoms with E-state index in [0.29, 0.717) is 5.95 Å². The highest BCUT2D eigenvalue weighted by atomic mass is 16.1. The van der Waals surface area contributed by atoms with Crippen molar-refractivity contribution in [3.63, 3.8) is 0 Å². The molecule has 30 heavy (non-hydrogen) atoms. The van der Waals surface area contributed by atoms with Crippen LogP contribution in [0.5, 0.6) is 0 Å². The normalized spacial score (nSPS) is 10.8. The van der Waals surface area contributed by atoms with Crippen molar-refractivity contribution >= 4 is 0 Å². The lowest BCUT2D eigenvalue weighted by atomic mass is 9.98. The Kier molecular flexibility index (Phi) is 4.54. The standard InChI is InChI=1S/C25H18N4O/c30-24-17-23(28-29(24)25-26-14-5-15-27-25)20-12-10-19(11-13-20)22-9-4-8-21(16-22)18-6-2-1-3-7-18/h1-17,28H. The van der Waals surface area contributed by atoms with Crippen LogP contribution in [0.2, 0.25) is 0 Å². The van der Waals surface area contributed by atoms with Gasteiger partial charge in [-0.25, -0.2) is 9.97 Å². The van der Waals surface area contributed by atoms with E-state index in [0.717, 1.165) is 22.4 Å². The van der Waals surface area contributed by atoms with E-state index in [4.69, 9.17) is 0 Å². The van der Waals surface area contributed by atoms with Crippen LogP contribution in [0.1, 0.15) is 0 Å². The predicted octanol–water partition coefficient (Wildman–Crippen LogP) is 4.96. The second-order valence-corrected chi connectivity index (χ2v) is 6.92. The van der Waals surface area contributed by atoms with E-state index < -0.39 is 0 Å². The maximum atomic E-state index is 12.3. The fraction of sp³-hybridized carbons (Fsp3) is 0. The van der Waals surface area contributed by atoms with Crippen molar-refractivity contribution in [2.24, 2.45) is 0 Å². The van der Waals surface area contributed by atoms with E-state index in [1.165, 1.54) is 15.8 Å². The third-order valence-corrected chi connectivity index (χ3v) is 4.97. The first kappa shape index (κ1) is 17.8. The van der Waals surface area contributed by atoms with Gasteiger partial charge in [-0.15, -0.1) is 0 Å². The summed E-state index contributed by atoms with van der Waals surface area (Å²) in [5, 5.41) is 3.08. The van der Waals surface area contributed by atoms with Crippen molar-refractivity contribution in [1.82, 2.24) is 19.7 Å². The van der Waals surface area contributed by atoms with Gasteiger partial charge in [0.15, 0.2) is 0 Å². The Bertz CT molecular complexity index is 1340. The Morgan fingerprint density at radius 1 is 0.600 bits per heavy atom. The van der Waals surface area contributed by atoms with Crippen LogP contribution in [0, 0.1) is 0 Å². The summed E-state index contributed by atoms with van der Waals surface area (Å²) >= 11 is 0. The van der Waals surface area contributed by atoms with Crippen molar-refractivity contribution in [1.29, 1.82) is 0 Å². The molecule has 5 rings (SSSR count). The molecule has 0 spiro atoms. The fourth-order valence-electron chi connectivity index (χ4n) is 3.45. The van der Waals surface area contributed by atoms with E-state index in [1.54, 1.807) is 24.5 Å². The third-order valence-electron chi connectivity index (χ3n) is 4.97. The molecule has 0 unspecified atom stereocenters. The van der Waals surface area contributed by atoms with Crippen molar-refractivity contribution < 1.29 is 0 Å². The molecule has 144 valence electrons. The molecular formula is C25H18N4O. The van der Waals surface area contributed by atoms with Crippen LogP contribution in [0.15, 0.2) is 108 Å². The first-order valence-corrected chi connectivity index (χ1v) is 9.64. The maximum Gasteiger partial charge on any atom is 0.274 e. The molecular weight excluding hydrogens is 372 g/mol. The van der Waals surface area contributed by atoms with Crippen LogP contribution in [0.3, 0.4) is 0 Å². The molecule has 0 atom stereocenters. The second-order valence-electron chi connectivity index (χ2n) is 6.92. The van der Waals surface area contributed by atoms with Gasteiger partial charge in [-0.2, -0.15) is 4.68 Å². The van der Waals surface area contributed by atoms with E-state index in [1.807, 2.05) is 30.3 Å². The lowest BCUT2D eigenvalue weighted by Crippen LogP contribution is -2.15. The quantitative estimate of drug-likeness (QED) is 0.472. The average molecular weight is 390 g/mol. The molecule has 0 amide bonds. The predicted molar refractivity (Wildman–Crippen MR) is 118 cm³/mol. The van der Waals surface area contributed by atoms with Crippen LogP contribution in [-0.2, 0) is 0 Å². The zero-order valence-electron chi connectivity index (χ0n) is 16.1. The van der Waals surface area contributed by atoms with Gasteiger partial charge in [-0.05, 0) is 39.9 Å². The average Bonchev–Trinajstić information content (AvgIpc) is 3.22. The lowest BCUT2D eigenvalue weighted by Gasteiger charge is -2.07. The van der Waals surface area contributed by atoms with Gasteiger partial charge in [0.2, 0.25) is 0 Å². The molecule has 1 N–H and O–H groups in total. The van der Waals surface area contributed by atoms with Gasteiger partial charge in [0.25, 0.3) is 11.5 Å². The molecule has 0 radical (unpaired) electrons. The summed E-state index contributed by atoms with van der Waals surface area (Å²) in [6.45, 7) is 0. The van der Waals surface area contributed by atoms with Gasteiger partial charge >= 0.3 is 0 Å². The Morgan fingerprint density at radius 3 is 1.90 bits per heavy atom. The summed E-state index contributed by atoms with van der Waals surface area (Å²) in [5.41, 5.74) is 6.08. The monoisotopic (exact) mass is 390 g/mol. The number of nitrogens with zero attached hydrogens (tertiary/aromatic N) is 3. The molecule has 0 aliphatic rings. The van der Waals surface area contributed by atoms with Crippen LogP contribution >= 0.6 is 0 Å². The van der Waals surface area contributed by atoms with Gasteiger partial charge in [0, 0.05) is 18.5 Å². The van der Waals surface area contributed by atoms with Crippen LogP contribution in [-0.4, -0.2) is 19.7 Å². The molecule has 0 bridgehead atoms. The summed E-state index contributed by atoms with van der Waals surface area (Å²) in [6.07, 6.45) is 3.21. The molecule has 0 fully saturated rings. The van der Waals surface area contributed by atoms with Crippen molar-refractivity contribution in [2.45, 2.75) is 0 Å². The maximum absolute atomic E-state index is 12.3. The Hall–Kier alpha value is -4.25. The van der Waals surface area contributed by atoms with Crippen molar-refractivity contribution in [2.75, 3.05) is 0 Å². The largest absolute Gasteiger partial charge is 0.288 e. The lowest BCUT2D eigenvalue weighted by molar-refractivity contribution is 0.786. The number of hydrogen-bond donors (Lipinski definition) is 1. The van der Waals surface area contributed by atoms with Crippen LogP contribution in [0.4, 0.5) is 0 Å². The van der Waals surface area contributed by atoms with Crippen molar-refractivity contribution in [3.8, 4) is 39.5 Å². The molecule has 5 nitrogen and oxygen atoms in total. The number of hydrogen-bond acceptors (Lipinski definition) is 3. The minimum Gasteiger partial charge on any atom is -0.288 e. The van der Waals surface area contributed by atoms with Crippen LogP contribution < -0.4 is 5.56 Å². The highest BCUT2D eigenvalue weighted by molar-refractivity contribution is 5.74. The molecule has 0 saturated carbocycles. The Balaban J connectivity index is 1.45. The zero-order valence-corrected chi connectivity index (χ0v) is 16.1. The molecule has 5 heteroatoms. The minimum atomic E-state index is -0.198. The number of H-pyrrole nitrogens is 1. The first-order chi connectivity index (χ1) is 14.8. The highest BCUT2D eigenvalue weighted by Gasteiger charge is 2.09. The highest BCUT2D eigenvalue weighted by Crippen LogP contribution is 2.28. The van der Waals surface area contributed by atoms with E-state index >= 15 is 0 Å². The van der Waals surface area contributed by atoms with Gasteiger partial charge in [-0.3, -0.25) is 9.89 Å². The molecule has 2 aromatic heterocycles. The number of aromatic nitrogens is 4. The number of aromatic amines is 1. The number of benzene rings is 3. The smallest absolute Gasteiger partial charge is 0.274 e. The minimum absolute atomic E-state index is 0.198. The summed E-state index contributed by atoms with van der Waals surface area (Å²) in [7, 11) is 0. The topological polar surface area (TPSA) is 63.6 Å². The van der Waals surface area contributed by atoms with Crippen LogP contribution in [0.25, 0.3) is 39.5 Å². The van der Waals surface area contributed by atoms with Gasteiger partial charge in [0.1, 0.15) is 0 Å². The first-order valence-electron chi connectivity index (χ1n) is 9.64. The molecule has 3 aromatic carbocycles.